The SMILES string of the molecule is CC(C)(C)c1cc(NC(=O)/C=C/c2cccc(Cl)c2Cl)n(-c2ncccn2)n1. The third-order valence-electron chi connectivity index (χ3n) is 3.87. The molecule has 3 rings (SSSR count). The van der Waals surface area contributed by atoms with Gasteiger partial charge in [0, 0.05) is 30.0 Å². The summed E-state index contributed by atoms with van der Waals surface area (Å²) in [5.74, 6) is 0.506. The maximum atomic E-state index is 12.5. The Morgan fingerprint density at radius 2 is 1.86 bits per heavy atom. The van der Waals surface area contributed by atoms with Gasteiger partial charge in [0.2, 0.25) is 5.91 Å². The lowest BCUT2D eigenvalue weighted by Gasteiger charge is -2.13. The zero-order chi connectivity index (χ0) is 20.3. The highest BCUT2D eigenvalue weighted by Gasteiger charge is 2.22. The van der Waals surface area contributed by atoms with E-state index in [1.807, 2.05) is 26.8 Å². The first-order valence-corrected chi connectivity index (χ1v) is 9.32. The van der Waals surface area contributed by atoms with Crippen molar-refractivity contribution in [3.05, 3.63) is 70.1 Å². The summed E-state index contributed by atoms with van der Waals surface area (Å²) in [6.07, 6.45) is 6.23. The Labute approximate surface area is 173 Å². The van der Waals surface area contributed by atoms with Gasteiger partial charge in [-0.15, -0.1) is 0 Å². The number of carbonyl (C=O) groups excluding carboxylic acids is 1. The van der Waals surface area contributed by atoms with Crippen LogP contribution in [-0.2, 0) is 10.2 Å². The van der Waals surface area contributed by atoms with Crippen molar-refractivity contribution in [2.24, 2.45) is 0 Å². The fraction of sp³-hybridized carbons (Fsp3) is 0.200. The van der Waals surface area contributed by atoms with Gasteiger partial charge in [-0.1, -0.05) is 56.1 Å². The predicted octanol–water partition coefficient (Wildman–Crippen LogP) is 4.92. The van der Waals surface area contributed by atoms with Gasteiger partial charge in [0.25, 0.3) is 5.95 Å². The quantitative estimate of drug-likeness (QED) is 0.613. The van der Waals surface area contributed by atoms with Gasteiger partial charge in [-0.05, 0) is 23.8 Å². The molecule has 2 aromatic heterocycles. The first kappa shape index (κ1) is 20.0. The molecule has 0 aliphatic heterocycles. The summed E-state index contributed by atoms with van der Waals surface area (Å²) >= 11 is 12.2. The standard InChI is InChI=1S/C20H19Cl2N5O/c1-20(2,3)15-12-16(27(26-15)19-23-10-5-11-24-19)25-17(28)9-8-13-6-4-7-14(21)18(13)22/h4-12H,1-3H3,(H,25,28)/b9-8+. The summed E-state index contributed by atoms with van der Waals surface area (Å²) in [5, 5.41) is 8.21. The molecule has 1 aromatic carbocycles. The van der Waals surface area contributed by atoms with Crippen LogP contribution in [0.25, 0.3) is 12.0 Å². The highest BCUT2D eigenvalue weighted by atomic mass is 35.5. The number of halogens is 2. The third-order valence-corrected chi connectivity index (χ3v) is 4.70. The van der Waals surface area contributed by atoms with Crippen LogP contribution in [0.4, 0.5) is 5.82 Å². The molecule has 0 aliphatic carbocycles. The van der Waals surface area contributed by atoms with Gasteiger partial charge in [0.15, 0.2) is 0 Å². The maximum absolute atomic E-state index is 12.5. The molecule has 1 amide bonds. The van der Waals surface area contributed by atoms with Crippen molar-refractivity contribution in [2.45, 2.75) is 26.2 Å². The van der Waals surface area contributed by atoms with Gasteiger partial charge in [-0.25, -0.2) is 9.97 Å². The van der Waals surface area contributed by atoms with E-state index in [1.54, 1.807) is 42.7 Å². The molecular weight excluding hydrogens is 397 g/mol. The second kappa shape index (κ2) is 8.12. The van der Waals surface area contributed by atoms with E-state index in [4.69, 9.17) is 23.2 Å². The first-order chi connectivity index (χ1) is 13.3. The number of benzene rings is 1. The predicted molar refractivity (Wildman–Crippen MR) is 112 cm³/mol. The van der Waals surface area contributed by atoms with Gasteiger partial charge in [-0.2, -0.15) is 9.78 Å². The van der Waals surface area contributed by atoms with E-state index in [0.29, 0.717) is 27.4 Å². The third kappa shape index (κ3) is 4.58. The number of aromatic nitrogens is 4. The maximum Gasteiger partial charge on any atom is 0.252 e. The molecule has 0 unspecified atom stereocenters. The van der Waals surface area contributed by atoms with Crippen molar-refractivity contribution in [1.82, 2.24) is 19.7 Å². The molecule has 0 saturated carbocycles. The monoisotopic (exact) mass is 415 g/mol. The minimum atomic E-state index is -0.339. The lowest BCUT2D eigenvalue weighted by molar-refractivity contribution is -0.111. The molecule has 0 spiro atoms. The van der Waals surface area contributed by atoms with Crippen molar-refractivity contribution >= 4 is 41.0 Å². The lowest BCUT2D eigenvalue weighted by atomic mass is 9.92. The summed E-state index contributed by atoms with van der Waals surface area (Å²) < 4.78 is 1.51. The highest BCUT2D eigenvalue weighted by molar-refractivity contribution is 6.42. The van der Waals surface area contributed by atoms with Gasteiger partial charge in [-0.3, -0.25) is 4.79 Å². The molecule has 28 heavy (non-hydrogen) atoms. The van der Waals surface area contributed by atoms with Crippen LogP contribution < -0.4 is 5.32 Å². The van der Waals surface area contributed by atoms with Gasteiger partial charge >= 0.3 is 0 Å². The van der Waals surface area contributed by atoms with E-state index in [0.717, 1.165) is 5.69 Å². The van der Waals surface area contributed by atoms with Crippen LogP contribution in [0.1, 0.15) is 32.0 Å². The molecule has 0 saturated heterocycles. The van der Waals surface area contributed by atoms with Crippen molar-refractivity contribution < 1.29 is 4.79 Å². The Morgan fingerprint density at radius 3 is 2.54 bits per heavy atom. The summed E-state index contributed by atoms with van der Waals surface area (Å²) in [6.45, 7) is 6.12. The Kier molecular flexibility index (Phi) is 5.82. The van der Waals surface area contributed by atoms with Crippen molar-refractivity contribution in [3.8, 4) is 5.95 Å². The molecule has 3 aromatic rings. The Morgan fingerprint density at radius 1 is 1.14 bits per heavy atom. The van der Waals surface area contributed by atoms with Crippen LogP contribution >= 0.6 is 23.2 Å². The fourth-order valence-electron chi connectivity index (χ4n) is 2.37. The topological polar surface area (TPSA) is 72.7 Å². The van der Waals surface area contributed by atoms with Gasteiger partial charge in [0.05, 0.1) is 15.7 Å². The Balaban J connectivity index is 1.88. The minimum Gasteiger partial charge on any atom is -0.307 e. The number of amides is 1. The van der Waals surface area contributed by atoms with E-state index in [9.17, 15) is 4.79 Å². The molecule has 0 fully saturated rings. The number of anilines is 1. The molecule has 144 valence electrons. The number of hydrogen-bond acceptors (Lipinski definition) is 4. The molecule has 8 heteroatoms. The van der Waals surface area contributed by atoms with Crippen LogP contribution in [0.5, 0.6) is 0 Å². The second-order valence-electron chi connectivity index (χ2n) is 7.09. The van der Waals surface area contributed by atoms with E-state index < -0.39 is 0 Å². The molecule has 6 nitrogen and oxygen atoms in total. The Hall–Kier alpha value is -2.70. The number of carbonyl (C=O) groups is 1. The number of nitrogens with one attached hydrogen (secondary N) is 1. The van der Waals surface area contributed by atoms with Gasteiger partial charge in [0.1, 0.15) is 5.82 Å². The van der Waals surface area contributed by atoms with E-state index >= 15 is 0 Å². The number of hydrogen-bond donors (Lipinski definition) is 1. The molecule has 1 N–H and O–H groups in total. The average molecular weight is 416 g/mol. The van der Waals surface area contributed by atoms with E-state index in [2.05, 4.69) is 20.4 Å². The summed E-state index contributed by atoms with van der Waals surface area (Å²) in [7, 11) is 0. The molecule has 0 bridgehead atoms. The molecule has 2 heterocycles. The Bertz CT molecular complexity index is 1020. The summed E-state index contributed by atoms with van der Waals surface area (Å²) in [6, 6.07) is 8.76. The number of rotatable bonds is 4. The summed E-state index contributed by atoms with van der Waals surface area (Å²) in [5.41, 5.74) is 1.25. The van der Waals surface area contributed by atoms with E-state index in [1.165, 1.54) is 10.8 Å². The van der Waals surface area contributed by atoms with Crippen LogP contribution in [0.2, 0.25) is 10.0 Å². The molecule has 0 atom stereocenters. The lowest BCUT2D eigenvalue weighted by Crippen LogP contribution is -2.14. The largest absolute Gasteiger partial charge is 0.307 e. The van der Waals surface area contributed by atoms with Gasteiger partial charge < -0.3 is 5.32 Å². The van der Waals surface area contributed by atoms with Crippen LogP contribution in [0.15, 0.2) is 48.8 Å². The van der Waals surface area contributed by atoms with Crippen LogP contribution in [0.3, 0.4) is 0 Å². The van der Waals surface area contributed by atoms with Crippen molar-refractivity contribution in [1.29, 1.82) is 0 Å². The molecular formula is C20H19Cl2N5O. The zero-order valence-corrected chi connectivity index (χ0v) is 17.2. The van der Waals surface area contributed by atoms with Crippen LogP contribution in [0, 0.1) is 0 Å². The van der Waals surface area contributed by atoms with Crippen LogP contribution in [-0.4, -0.2) is 25.7 Å². The molecule has 0 aliphatic rings. The normalized spacial score (nSPS) is 11.8. The van der Waals surface area contributed by atoms with E-state index in [-0.39, 0.29) is 11.3 Å². The number of nitrogens with zero attached hydrogens (tertiary/aromatic N) is 4. The second-order valence-corrected chi connectivity index (χ2v) is 7.88. The fourth-order valence-corrected chi connectivity index (χ4v) is 2.74. The van der Waals surface area contributed by atoms with Crippen molar-refractivity contribution in [3.63, 3.8) is 0 Å². The zero-order valence-electron chi connectivity index (χ0n) is 15.6. The van der Waals surface area contributed by atoms with Crippen molar-refractivity contribution in [2.75, 3.05) is 5.32 Å². The minimum absolute atomic E-state index is 0.205. The average Bonchev–Trinajstić information content (AvgIpc) is 3.08. The summed E-state index contributed by atoms with van der Waals surface area (Å²) in [4.78, 5) is 20.9. The smallest absolute Gasteiger partial charge is 0.252 e. The highest BCUT2D eigenvalue weighted by Crippen LogP contribution is 2.27. The molecule has 0 radical (unpaired) electrons. The first-order valence-electron chi connectivity index (χ1n) is 8.57.